The number of aryl methyl sites for hydroxylation is 2. The number of hydrogen-bond acceptors (Lipinski definition) is 1. The summed E-state index contributed by atoms with van der Waals surface area (Å²) in [7, 11) is 0. The SMILES string of the molecule is Cc1cc2c(ccn2Cc2cc(F)cc(F)c2)c(C)c1NC(=O)CC(C)(C)C. The molecule has 0 spiro atoms. The molecular formula is C23H26F2N2O. The summed E-state index contributed by atoms with van der Waals surface area (Å²) in [5, 5.41) is 4.06. The van der Waals surface area contributed by atoms with Gasteiger partial charge < -0.3 is 9.88 Å². The molecule has 0 aliphatic heterocycles. The molecule has 3 rings (SSSR count). The van der Waals surface area contributed by atoms with E-state index in [-0.39, 0.29) is 11.3 Å². The van der Waals surface area contributed by atoms with Gasteiger partial charge in [-0.15, -0.1) is 0 Å². The van der Waals surface area contributed by atoms with Gasteiger partial charge in [-0.1, -0.05) is 20.8 Å². The molecular weight excluding hydrogens is 358 g/mol. The normalized spacial score (nSPS) is 11.8. The van der Waals surface area contributed by atoms with Crippen molar-refractivity contribution in [3.8, 4) is 0 Å². The number of halogens is 2. The summed E-state index contributed by atoms with van der Waals surface area (Å²) in [6.07, 6.45) is 2.34. The van der Waals surface area contributed by atoms with Crippen molar-refractivity contribution < 1.29 is 13.6 Å². The molecule has 0 radical (unpaired) electrons. The first-order chi connectivity index (χ1) is 13.0. The number of aromatic nitrogens is 1. The lowest BCUT2D eigenvalue weighted by Gasteiger charge is -2.19. The highest BCUT2D eigenvalue weighted by Crippen LogP contribution is 2.31. The molecule has 0 aliphatic carbocycles. The average Bonchev–Trinajstić information content (AvgIpc) is 2.91. The third-order valence-corrected chi connectivity index (χ3v) is 4.76. The molecule has 0 saturated heterocycles. The molecule has 28 heavy (non-hydrogen) atoms. The van der Waals surface area contributed by atoms with Crippen LogP contribution in [0.25, 0.3) is 10.9 Å². The second-order valence-corrected chi connectivity index (χ2v) is 8.63. The van der Waals surface area contributed by atoms with Crippen molar-refractivity contribution in [3.05, 3.63) is 64.9 Å². The Hall–Kier alpha value is -2.69. The van der Waals surface area contributed by atoms with Crippen LogP contribution in [0.2, 0.25) is 0 Å². The number of rotatable bonds is 4. The Morgan fingerprint density at radius 1 is 1.07 bits per heavy atom. The zero-order chi connectivity index (χ0) is 20.6. The second-order valence-electron chi connectivity index (χ2n) is 8.63. The highest BCUT2D eigenvalue weighted by atomic mass is 19.1. The number of hydrogen-bond donors (Lipinski definition) is 1. The van der Waals surface area contributed by atoms with E-state index in [1.807, 2.05) is 57.5 Å². The number of benzene rings is 2. The van der Waals surface area contributed by atoms with Crippen LogP contribution in [-0.4, -0.2) is 10.5 Å². The Kier molecular flexibility index (Phi) is 5.28. The zero-order valence-corrected chi connectivity index (χ0v) is 17.0. The summed E-state index contributed by atoms with van der Waals surface area (Å²) < 4.78 is 29.0. The maximum Gasteiger partial charge on any atom is 0.224 e. The number of carbonyl (C=O) groups excluding carboxylic acids is 1. The van der Waals surface area contributed by atoms with E-state index in [1.54, 1.807) is 0 Å². The molecule has 0 saturated carbocycles. The topological polar surface area (TPSA) is 34.0 Å². The molecule has 0 fully saturated rings. The minimum atomic E-state index is -0.581. The van der Waals surface area contributed by atoms with Crippen molar-refractivity contribution in [2.24, 2.45) is 5.41 Å². The van der Waals surface area contributed by atoms with Crippen LogP contribution in [0.1, 0.15) is 43.9 Å². The third-order valence-electron chi connectivity index (χ3n) is 4.76. The minimum absolute atomic E-state index is 0.00674. The summed E-state index contributed by atoms with van der Waals surface area (Å²) in [4.78, 5) is 12.4. The number of anilines is 1. The first kappa shape index (κ1) is 20.1. The molecule has 5 heteroatoms. The molecule has 1 heterocycles. The lowest BCUT2D eigenvalue weighted by Crippen LogP contribution is -2.20. The van der Waals surface area contributed by atoms with Crippen LogP contribution in [0.5, 0.6) is 0 Å². The van der Waals surface area contributed by atoms with Gasteiger partial charge >= 0.3 is 0 Å². The third kappa shape index (κ3) is 4.41. The molecule has 0 bridgehead atoms. The lowest BCUT2D eigenvalue weighted by atomic mass is 9.92. The summed E-state index contributed by atoms with van der Waals surface area (Å²) >= 11 is 0. The van der Waals surface area contributed by atoms with Crippen LogP contribution in [0.15, 0.2) is 36.5 Å². The highest BCUT2D eigenvalue weighted by Gasteiger charge is 2.18. The van der Waals surface area contributed by atoms with Gasteiger partial charge in [0.15, 0.2) is 0 Å². The lowest BCUT2D eigenvalue weighted by molar-refractivity contribution is -0.117. The largest absolute Gasteiger partial charge is 0.343 e. The molecule has 1 amide bonds. The second kappa shape index (κ2) is 7.38. The molecule has 0 unspecified atom stereocenters. The fourth-order valence-electron chi connectivity index (χ4n) is 3.56. The predicted octanol–water partition coefficient (Wildman–Crippen LogP) is 5.96. The van der Waals surface area contributed by atoms with Gasteiger partial charge in [0, 0.05) is 41.8 Å². The highest BCUT2D eigenvalue weighted by molar-refractivity contribution is 5.98. The van der Waals surface area contributed by atoms with E-state index in [0.29, 0.717) is 18.5 Å². The van der Waals surface area contributed by atoms with Crippen molar-refractivity contribution in [1.82, 2.24) is 4.57 Å². The Bertz CT molecular complexity index is 1020. The van der Waals surface area contributed by atoms with Gasteiger partial charge in [0.25, 0.3) is 0 Å². The predicted molar refractivity (Wildman–Crippen MR) is 110 cm³/mol. The smallest absolute Gasteiger partial charge is 0.224 e. The fourth-order valence-corrected chi connectivity index (χ4v) is 3.56. The van der Waals surface area contributed by atoms with E-state index < -0.39 is 11.6 Å². The van der Waals surface area contributed by atoms with E-state index >= 15 is 0 Å². The van der Waals surface area contributed by atoms with Crippen LogP contribution < -0.4 is 5.32 Å². The maximum absolute atomic E-state index is 13.5. The Morgan fingerprint density at radius 3 is 2.32 bits per heavy atom. The standard InChI is InChI=1S/C23H26F2N2O/c1-14-8-20-19(15(2)22(14)26-21(28)12-23(3,4)5)6-7-27(20)13-16-9-17(24)11-18(25)10-16/h6-11H,12-13H2,1-5H3,(H,26,28). The Balaban J connectivity index is 1.94. The molecule has 3 nitrogen and oxygen atoms in total. The van der Waals surface area contributed by atoms with Crippen molar-refractivity contribution in [1.29, 1.82) is 0 Å². The van der Waals surface area contributed by atoms with Gasteiger partial charge in [0.05, 0.1) is 0 Å². The average molecular weight is 384 g/mol. The number of nitrogens with zero attached hydrogens (tertiary/aromatic N) is 1. The van der Waals surface area contributed by atoms with Crippen LogP contribution in [0, 0.1) is 30.9 Å². The monoisotopic (exact) mass is 384 g/mol. The fraction of sp³-hybridized carbons (Fsp3) is 0.348. The van der Waals surface area contributed by atoms with E-state index in [1.165, 1.54) is 12.1 Å². The maximum atomic E-state index is 13.5. The van der Waals surface area contributed by atoms with Gasteiger partial charge in [-0.05, 0) is 60.2 Å². The van der Waals surface area contributed by atoms with Crippen LogP contribution in [0.4, 0.5) is 14.5 Å². The Labute approximate surface area is 164 Å². The number of amides is 1. The van der Waals surface area contributed by atoms with E-state index in [4.69, 9.17) is 0 Å². The van der Waals surface area contributed by atoms with Gasteiger partial charge in [0.1, 0.15) is 11.6 Å². The molecule has 1 aromatic heterocycles. The van der Waals surface area contributed by atoms with Crippen LogP contribution in [0.3, 0.4) is 0 Å². The molecule has 2 aromatic carbocycles. The van der Waals surface area contributed by atoms with E-state index in [9.17, 15) is 13.6 Å². The summed E-state index contributed by atoms with van der Waals surface area (Å²) in [5.41, 5.74) is 4.22. The summed E-state index contributed by atoms with van der Waals surface area (Å²) in [6, 6.07) is 7.54. The van der Waals surface area contributed by atoms with Gasteiger partial charge in [-0.2, -0.15) is 0 Å². The van der Waals surface area contributed by atoms with Crippen LogP contribution >= 0.6 is 0 Å². The summed E-state index contributed by atoms with van der Waals surface area (Å²) in [5.74, 6) is -1.17. The quantitative estimate of drug-likeness (QED) is 0.592. The number of carbonyl (C=O) groups is 1. The van der Waals surface area contributed by atoms with Crippen LogP contribution in [-0.2, 0) is 11.3 Å². The molecule has 0 atom stereocenters. The molecule has 148 valence electrons. The molecule has 3 aromatic rings. The van der Waals surface area contributed by atoms with Gasteiger partial charge in [0.2, 0.25) is 5.91 Å². The van der Waals surface area contributed by atoms with E-state index in [2.05, 4.69) is 5.32 Å². The Morgan fingerprint density at radius 2 is 1.71 bits per heavy atom. The van der Waals surface area contributed by atoms with Crippen molar-refractivity contribution >= 4 is 22.5 Å². The van der Waals surface area contributed by atoms with Crippen molar-refractivity contribution in [2.75, 3.05) is 5.32 Å². The minimum Gasteiger partial charge on any atom is -0.343 e. The first-order valence-corrected chi connectivity index (χ1v) is 9.37. The zero-order valence-electron chi connectivity index (χ0n) is 17.0. The number of fused-ring (bicyclic) bond motifs is 1. The number of nitrogens with one attached hydrogen (secondary N) is 1. The van der Waals surface area contributed by atoms with E-state index in [0.717, 1.165) is 33.8 Å². The van der Waals surface area contributed by atoms with Gasteiger partial charge in [-0.3, -0.25) is 4.79 Å². The molecule has 1 N–H and O–H groups in total. The van der Waals surface area contributed by atoms with Gasteiger partial charge in [-0.25, -0.2) is 8.78 Å². The molecule has 0 aliphatic rings. The summed E-state index contributed by atoms with van der Waals surface area (Å²) in [6.45, 7) is 10.4. The first-order valence-electron chi connectivity index (χ1n) is 9.37. The van der Waals surface area contributed by atoms with Crippen molar-refractivity contribution in [3.63, 3.8) is 0 Å². The van der Waals surface area contributed by atoms with Crippen molar-refractivity contribution in [2.45, 2.75) is 47.6 Å².